The van der Waals surface area contributed by atoms with Gasteiger partial charge < -0.3 is 9.64 Å². The van der Waals surface area contributed by atoms with Gasteiger partial charge in [0, 0.05) is 19.2 Å². The third kappa shape index (κ3) is 2.33. The molecule has 0 aromatic carbocycles. The van der Waals surface area contributed by atoms with Gasteiger partial charge in [-0.1, -0.05) is 12.8 Å². The van der Waals surface area contributed by atoms with Crippen molar-refractivity contribution in [2.24, 2.45) is 0 Å². The van der Waals surface area contributed by atoms with Crippen LogP contribution in [0.5, 0.6) is 0 Å². The van der Waals surface area contributed by atoms with E-state index in [1.54, 1.807) is 0 Å². The zero-order valence-corrected chi connectivity index (χ0v) is 9.58. The molecule has 1 heterocycles. The van der Waals surface area contributed by atoms with E-state index in [2.05, 4.69) is 6.92 Å². The van der Waals surface area contributed by atoms with Crippen LogP contribution in [-0.2, 0) is 9.53 Å². The number of rotatable bonds is 3. The molecule has 0 aromatic heterocycles. The molecule has 0 radical (unpaired) electrons. The normalized spacial score (nSPS) is 27.1. The molecule has 2 aliphatic rings. The van der Waals surface area contributed by atoms with Crippen LogP contribution < -0.4 is 0 Å². The molecule has 15 heavy (non-hydrogen) atoms. The Morgan fingerprint density at radius 3 is 2.53 bits per heavy atom. The van der Waals surface area contributed by atoms with E-state index in [0.29, 0.717) is 6.04 Å². The summed E-state index contributed by atoms with van der Waals surface area (Å²) < 4.78 is 5.47. The van der Waals surface area contributed by atoms with Gasteiger partial charge in [0.2, 0.25) is 0 Å². The average Bonchev–Trinajstić information content (AvgIpc) is 2.91. The summed E-state index contributed by atoms with van der Waals surface area (Å²) >= 11 is 0. The summed E-state index contributed by atoms with van der Waals surface area (Å²) in [6.45, 7) is 3.67. The summed E-state index contributed by atoms with van der Waals surface area (Å²) in [6.07, 6.45) is 6.75. The van der Waals surface area contributed by atoms with E-state index in [9.17, 15) is 4.79 Å². The first-order valence-electron chi connectivity index (χ1n) is 6.25. The fourth-order valence-electron chi connectivity index (χ4n) is 2.77. The molecule has 86 valence electrons. The maximum atomic E-state index is 12.2. The number of hydrogen-bond donors (Lipinski definition) is 0. The van der Waals surface area contributed by atoms with Crippen molar-refractivity contribution in [2.45, 2.75) is 57.6 Å². The summed E-state index contributed by atoms with van der Waals surface area (Å²) in [4.78, 5) is 14.2. The van der Waals surface area contributed by atoms with Crippen LogP contribution in [0.2, 0.25) is 0 Å². The van der Waals surface area contributed by atoms with Gasteiger partial charge in [-0.15, -0.1) is 0 Å². The molecule has 2 rings (SSSR count). The lowest BCUT2D eigenvalue weighted by molar-refractivity contribution is -0.143. The van der Waals surface area contributed by atoms with Crippen LogP contribution in [0.4, 0.5) is 0 Å². The predicted molar refractivity (Wildman–Crippen MR) is 58.6 cm³/mol. The smallest absolute Gasteiger partial charge is 0.251 e. The minimum Gasteiger partial charge on any atom is -0.368 e. The molecule has 1 saturated heterocycles. The Morgan fingerprint density at radius 2 is 2.00 bits per heavy atom. The number of amides is 1. The maximum Gasteiger partial charge on any atom is 0.251 e. The molecule has 1 saturated carbocycles. The Morgan fingerprint density at radius 1 is 1.27 bits per heavy atom. The summed E-state index contributed by atoms with van der Waals surface area (Å²) in [5, 5.41) is 0. The highest BCUT2D eigenvalue weighted by molar-refractivity contribution is 5.81. The first-order valence-corrected chi connectivity index (χ1v) is 6.25. The minimum atomic E-state index is -0.134. The van der Waals surface area contributed by atoms with Crippen molar-refractivity contribution in [1.82, 2.24) is 4.90 Å². The molecule has 0 N–H and O–H groups in total. The van der Waals surface area contributed by atoms with Gasteiger partial charge in [-0.3, -0.25) is 4.79 Å². The summed E-state index contributed by atoms with van der Waals surface area (Å²) in [5.41, 5.74) is 0. The van der Waals surface area contributed by atoms with E-state index in [1.807, 2.05) is 4.90 Å². The third-order valence-electron chi connectivity index (χ3n) is 3.59. The molecule has 0 bridgehead atoms. The molecule has 3 nitrogen and oxygen atoms in total. The van der Waals surface area contributed by atoms with E-state index >= 15 is 0 Å². The zero-order chi connectivity index (χ0) is 10.7. The fourth-order valence-corrected chi connectivity index (χ4v) is 2.77. The maximum absolute atomic E-state index is 12.2. The van der Waals surface area contributed by atoms with Gasteiger partial charge in [0.1, 0.15) is 6.10 Å². The van der Waals surface area contributed by atoms with Crippen molar-refractivity contribution < 1.29 is 9.53 Å². The zero-order valence-electron chi connectivity index (χ0n) is 9.58. The highest BCUT2D eigenvalue weighted by Gasteiger charge is 2.32. The van der Waals surface area contributed by atoms with Crippen molar-refractivity contribution in [3.05, 3.63) is 0 Å². The van der Waals surface area contributed by atoms with Crippen LogP contribution in [-0.4, -0.2) is 36.1 Å². The van der Waals surface area contributed by atoms with Crippen LogP contribution in [0.1, 0.15) is 45.4 Å². The lowest BCUT2D eigenvalue weighted by atomic mass is 10.1. The van der Waals surface area contributed by atoms with Gasteiger partial charge in [-0.25, -0.2) is 0 Å². The lowest BCUT2D eigenvalue weighted by Gasteiger charge is -2.29. The van der Waals surface area contributed by atoms with Gasteiger partial charge in [0.05, 0.1) is 0 Å². The van der Waals surface area contributed by atoms with Crippen molar-refractivity contribution in [3.63, 3.8) is 0 Å². The monoisotopic (exact) mass is 211 g/mol. The van der Waals surface area contributed by atoms with Crippen molar-refractivity contribution in [2.75, 3.05) is 13.2 Å². The fraction of sp³-hybridized carbons (Fsp3) is 0.917. The molecule has 1 aliphatic carbocycles. The standard InChI is InChI=1S/C12H21NO2/c1-2-13(10-6-3-4-7-10)12(14)11-8-5-9-15-11/h10-11H,2-9H2,1H3/t11-/m0/s1. The van der Waals surface area contributed by atoms with Gasteiger partial charge in [-0.05, 0) is 32.6 Å². The van der Waals surface area contributed by atoms with Crippen LogP contribution in [0.3, 0.4) is 0 Å². The molecule has 3 heteroatoms. The Bertz CT molecular complexity index is 218. The van der Waals surface area contributed by atoms with Gasteiger partial charge in [0.15, 0.2) is 0 Å². The number of carbonyl (C=O) groups is 1. The first kappa shape index (κ1) is 10.9. The van der Waals surface area contributed by atoms with Crippen LogP contribution in [0.25, 0.3) is 0 Å². The van der Waals surface area contributed by atoms with Crippen molar-refractivity contribution >= 4 is 5.91 Å². The molecule has 0 spiro atoms. The van der Waals surface area contributed by atoms with E-state index in [0.717, 1.165) is 26.0 Å². The second-order valence-corrected chi connectivity index (χ2v) is 4.56. The molecular weight excluding hydrogens is 190 g/mol. The number of likely N-dealkylation sites (N-methyl/N-ethyl adjacent to an activating group) is 1. The number of ether oxygens (including phenoxy) is 1. The van der Waals surface area contributed by atoms with Gasteiger partial charge in [-0.2, -0.15) is 0 Å². The highest BCUT2D eigenvalue weighted by atomic mass is 16.5. The Kier molecular flexibility index (Phi) is 3.62. The predicted octanol–water partition coefficient (Wildman–Crippen LogP) is 1.96. The quantitative estimate of drug-likeness (QED) is 0.714. The lowest BCUT2D eigenvalue weighted by Crippen LogP contribution is -2.44. The van der Waals surface area contributed by atoms with E-state index in [4.69, 9.17) is 4.74 Å². The molecule has 0 unspecified atom stereocenters. The molecule has 1 aliphatic heterocycles. The van der Waals surface area contributed by atoms with Crippen molar-refractivity contribution in [1.29, 1.82) is 0 Å². The van der Waals surface area contributed by atoms with Crippen molar-refractivity contribution in [3.8, 4) is 0 Å². The van der Waals surface area contributed by atoms with E-state index < -0.39 is 0 Å². The SMILES string of the molecule is CCN(C(=O)[C@@H]1CCCO1)C1CCCC1. The minimum absolute atomic E-state index is 0.134. The Balaban J connectivity index is 1.95. The highest BCUT2D eigenvalue weighted by Crippen LogP contribution is 2.25. The summed E-state index contributed by atoms with van der Waals surface area (Å²) in [5.74, 6) is 0.238. The second kappa shape index (κ2) is 4.97. The Hall–Kier alpha value is -0.570. The largest absolute Gasteiger partial charge is 0.368 e. The number of hydrogen-bond acceptors (Lipinski definition) is 2. The average molecular weight is 211 g/mol. The molecule has 1 atom stereocenters. The number of nitrogens with zero attached hydrogens (tertiary/aromatic N) is 1. The van der Waals surface area contributed by atoms with E-state index in [-0.39, 0.29) is 12.0 Å². The third-order valence-corrected chi connectivity index (χ3v) is 3.59. The number of carbonyl (C=O) groups excluding carboxylic acids is 1. The van der Waals surface area contributed by atoms with Gasteiger partial charge >= 0.3 is 0 Å². The first-order chi connectivity index (χ1) is 7.33. The topological polar surface area (TPSA) is 29.5 Å². The van der Waals surface area contributed by atoms with Crippen LogP contribution in [0.15, 0.2) is 0 Å². The second-order valence-electron chi connectivity index (χ2n) is 4.56. The summed E-state index contributed by atoms with van der Waals surface area (Å²) in [7, 11) is 0. The van der Waals surface area contributed by atoms with E-state index in [1.165, 1.54) is 25.7 Å². The molecule has 1 amide bonds. The summed E-state index contributed by atoms with van der Waals surface area (Å²) in [6, 6.07) is 0.492. The van der Waals surface area contributed by atoms with Gasteiger partial charge in [0.25, 0.3) is 5.91 Å². The molecule has 0 aromatic rings. The molecular formula is C12H21NO2. The van der Waals surface area contributed by atoms with Crippen LogP contribution >= 0.6 is 0 Å². The Labute approximate surface area is 91.8 Å². The van der Waals surface area contributed by atoms with Crippen LogP contribution in [0, 0.1) is 0 Å². The molecule has 2 fully saturated rings.